The number of amides is 2. The standard InChI is InChI=1S/C26H32FN3O4/c1-26(2,3)34-25(32)29-21-15-33-22(14-20(21)28)24(31)30-13-12-16-6-4-5-7-19(16)23(30)17-8-10-18(27)11-9-17/h4-11,20-23H,12-15,28H2,1-3H3,(H,29,32)/t20-,21-,22+,23-/m0/s1. The number of hydrogen-bond acceptors (Lipinski definition) is 5. The molecule has 7 nitrogen and oxygen atoms in total. The second-order valence-corrected chi connectivity index (χ2v) is 9.91. The number of rotatable bonds is 3. The Hall–Kier alpha value is -2.97. The Morgan fingerprint density at radius 2 is 1.85 bits per heavy atom. The molecule has 182 valence electrons. The summed E-state index contributed by atoms with van der Waals surface area (Å²) < 4.78 is 24.8. The molecule has 0 aliphatic carbocycles. The van der Waals surface area contributed by atoms with Gasteiger partial charge in [0.25, 0.3) is 5.91 Å². The van der Waals surface area contributed by atoms with Crippen LogP contribution in [0.5, 0.6) is 0 Å². The van der Waals surface area contributed by atoms with E-state index in [2.05, 4.69) is 11.4 Å². The second-order valence-electron chi connectivity index (χ2n) is 9.91. The van der Waals surface area contributed by atoms with Crippen molar-refractivity contribution in [1.82, 2.24) is 10.2 Å². The van der Waals surface area contributed by atoms with Crippen LogP contribution in [-0.2, 0) is 20.7 Å². The summed E-state index contributed by atoms with van der Waals surface area (Å²) in [5, 5.41) is 2.75. The summed E-state index contributed by atoms with van der Waals surface area (Å²) in [6.07, 6.45) is -0.292. The van der Waals surface area contributed by atoms with E-state index in [0.717, 1.165) is 17.5 Å². The SMILES string of the molecule is CC(C)(C)OC(=O)N[C@H]1CO[C@@H](C(=O)N2CCc3ccccc3[C@@H]2c2ccc(F)cc2)C[C@@H]1N. The van der Waals surface area contributed by atoms with Crippen molar-refractivity contribution in [1.29, 1.82) is 0 Å². The second kappa shape index (κ2) is 9.72. The van der Waals surface area contributed by atoms with Crippen molar-refractivity contribution in [3.8, 4) is 0 Å². The van der Waals surface area contributed by atoms with Gasteiger partial charge in [0, 0.05) is 12.6 Å². The molecule has 2 aromatic carbocycles. The maximum Gasteiger partial charge on any atom is 0.408 e. The van der Waals surface area contributed by atoms with Crippen LogP contribution in [0.2, 0.25) is 0 Å². The Kier molecular flexibility index (Phi) is 6.91. The zero-order valence-electron chi connectivity index (χ0n) is 19.8. The molecule has 0 bridgehead atoms. The lowest BCUT2D eigenvalue weighted by molar-refractivity contribution is -0.150. The van der Waals surface area contributed by atoms with E-state index in [4.69, 9.17) is 15.2 Å². The zero-order valence-corrected chi connectivity index (χ0v) is 19.8. The Bertz CT molecular complexity index is 1040. The molecule has 3 N–H and O–H groups in total. The number of carbonyl (C=O) groups is 2. The van der Waals surface area contributed by atoms with Gasteiger partial charge in [-0.3, -0.25) is 4.79 Å². The average molecular weight is 470 g/mol. The number of benzene rings is 2. The first-order valence-corrected chi connectivity index (χ1v) is 11.6. The molecule has 2 heterocycles. The van der Waals surface area contributed by atoms with Gasteiger partial charge in [-0.05, 0) is 62.4 Å². The monoisotopic (exact) mass is 469 g/mol. The van der Waals surface area contributed by atoms with E-state index in [1.54, 1.807) is 37.8 Å². The predicted octanol–water partition coefficient (Wildman–Crippen LogP) is 3.31. The normalized spacial score (nSPS) is 24.8. The van der Waals surface area contributed by atoms with Crippen LogP contribution in [0, 0.1) is 5.82 Å². The lowest BCUT2D eigenvalue weighted by atomic mass is 9.87. The molecule has 2 aliphatic rings. The molecule has 4 atom stereocenters. The predicted molar refractivity (Wildman–Crippen MR) is 126 cm³/mol. The number of carbonyl (C=O) groups excluding carboxylic acids is 2. The van der Waals surface area contributed by atoms with Gasteiger partial charge in [0.05, 0.1) is 18.7 Å². The average Bonchev–Trinajstić information content (AvgIpc) is 2.78. The van der Waals surface area contributed by atoms with E-state index < -0.39 is 29.9 Å². The summed E-state index contributed by atoms with van der Waals surface area (Å²) >= 11 is 0. The van der Waals surface area contributed by atoms with Gasteiger partial charge in [-0.25, -0.2) is 9.18 Å². The van der Waals surface area contributed by atoms with Gasteiger partial charge in [0.15, 0.2) is 0 Å². The van der Waals surface area contributed by atoms with Crippen molar-refractivity contribution in [2.24, 2.45) is 5.73 Å². The first-order valence-electron chi connectivity index (χ1n) is 11.6. The number of nitrogens with zero attached hydrogens (tertiary/aromatic N) is 1. The minimum absolute atomic E-state index is 0.114. The molecule has 34 heavy (non-hydrogen) atoms. The van der Waals surface area contributed by atoms with Gasteiger partial charge < -0.3 is 25.4 Å². The third kappa shape index (κ3) is 5.39. The third-order valence-corrected chi connectivity index (χ3v) is 6.21. The van der Waals surface area contributed by atoms with Gasteiger partial charge in [-0.2, -0.15) is 0 Å². The summed E-state index contributed by atoms with van der Waals surface area (Å²) in [6.45, 7) is 5.99. The lowest BCUT2D eigenvalue weighted by Crippen LogP contribution is -2.59. The van der Waals surface area contributed by atoms with Crippen LogP contribution in [-0.4, -0.2) is 53.8 Å². The number of fused-ring (bicyclic) bond motifs is 1. The minimum atomic E-state index is -0.722. The van der Waals surface area contributed by atoms with E-state index in [1.165, 1.54) is 17.7 Å². The molecule has 0 aromatic heterocycles. The number of halogens is 1. The molecule has 2 aromatic rings. The van der Waals surface area contributed by atoms with Crippen molar-refractivity contribution in [3.63, 3.8) is 0 Å². The van der Waals surface area contributed by atoms with Gasteiger partial charge in [-0.15, -0.1) is 0 Å². The van der Waals surface area contributed by atoms with E-state index in [9.17, 15) is 14.0 Å². The Labute approximate surface area is 199 Å². The number of nitrogens with one attached hydrogen (secondary N) is 1. The van der Waals surface area contributed by atoms with Gasteiger partial charge in [0.2, 0.25) is 0 Å². The maximum absolute atomic E-state index is 13.6. The molecule has 1 fully saturated rings. The highest BCUT2D eigenvalue weighted by Gasteiger charge is 2.40. The Balaban J connectivity index is 1.50. The van der Waals surface area contributed by atoms with Crippen LogP contribution >= 0.6 is 0 Å². The number of ether oxygens (including phenoxy) is 2. The first-order chi connectivity index (χ1) is 16.1. The van der Waals surface area contributed by atoms with E-state index in [-0.39, 0.29) is 30.8 Å². The summed E-state index contributed by atoms with van der Waals surface area (Å²) in [6, 6.07) is 13.0. The topological polar surface area (TPSA) is 93.9 Å². The van der Waals surface area contributed by atoms with Crippen LogP contribution in [0.25, 0.3) is 0 Å². The number of alkyl carbamates (subject to hydrolysis) is 1. The number of nitrogens with two attached hydrogens (primary N) is 1. The fraction of sp³-hybridized carbons (Fsp3) is 0.462. The molecule has 2 amide bonds. The van der Waals surface area contributed by atoms with Crippen molar-refractivity contribution in [2.45, 2.75) is 63.4 Å². The van der Waals surface area contributed by atoms with Crippen LogP contribution in [0.1, 0.15) is 49.9 Å². The summed E-state index contributed by atoms with van der Waals surface area (Å²) in [5.74, 6) is -0.481. The van der Waals surface area contributed by atoms with E-state index in [0.29, 0.717) is 6.54 Å². The first kappa shape index (κ1) is 24.2. The Morgan fingerprint density at radius 1 is 1.15 bits per heavy atom. The summed E-state index contributed by atoms with van der Waals surface area (Å²) in [7, 11) is 0. The fourth-order valence-corrected chi connectivity index (χ4v) is 4.60. The highest BCUT2D eigenvalue weighted by molar-refractivity contribution is 5.82. The summed E-state index contributed by atoms with van der Waals surface area (Å²) in [4.78, 5) is 27.6. The molecule has 0 radical (unpaired) electrons. The summed E-state index contributed by atoms with van der Waals surface area (Å²) in [5.41, 5.74) is 8.74. The zero-order chi connectivity index (χ0) is 24.5. The molecule has 1 saturated heterocycles. The molecule has 0 saturated carbocycles. The van der Waals surface area contributed by atoms with Crippen molar-refractivity contribution >= 4 is 12.0 Å². The van der Waals surface area contributed by atoms with E-state index in [1.807, 2.05) is 18.2 Å². The van der Waals surface area contributed by atoms with E-state index >= 15 is 0 Å². The fourth-order valence-electron chi connectivity index (χ4n) is 4.60. The van der Waals surface area contributed by atoms with Crippen LogP contribution < -0.4 is 11.1 Å². The number of hydrogen-bond donors (Lipinski definition) is 2. The molecule has 8 heteroatoms. The third-order valence-electron chi connectivity index (χ3n) is 6.21. The van der Waals surface area contributed by atoms with Gasteiger partial charge in [0.1, 0.15) is 17.5 Å². The van der Waals surface area contributed by atoms with Gasteiger partial charge >= 0.3 is 6.09 Å². The van der Waals surface area contributed by atoms with Crippen molar-refractivity contribution < 1.29 is 23.5 Å². The lowest BCUT2D eigenvalue weighted by Gasteiger charge is -2.41. The molecule has 4 rings (SSSR count). The van der Waals surface area contributed by atoms with Crippen molar-refractivity contribution in [3.05, 3.63) is 71.0 Å². The molecular formula is C26H32FN3O4. The molecule has 0 spiro atoms. The largest absolute Gasteiger partial charge is 0.444 e. The highest BCUT2D eigenvalue weighted by atomic mass is 19.1. The molecule has 0 unspecified atom stereocenters. The van der Waals surface area contributed by atoms with Crippen LogP contribution in [0.4, 0.5) is 9.18 Å². The molecule has 2 aliphatic heterocycles. The highest BCUT2D eigenvalue weighted by Crippen LogP contribution is 2.36. The van der Waals surface area contributed by atoms with Crippen LogP contribution in [0.15, 0.2) is 48.5 Å². The Morgan fingerprint density at radius 3 is 2.53 bits per heavy atom. The minimum Gasteiger partial charge on any atom is -0.444 e. The van der Waals surface area contributed by atoms with Crippen molar-refractivity contribution in [2.75, 3.05) is 13.2 Å². The quantitative estimate of drug-likeness (QED) is 0.719. The smallest absolute Gasteiger partial charge is 0.408 e. The van der Waals surface area contributed by atoms with Crippen LogP contribution in [0.3, 0.4) is 0 Å². The van der Waals surface area contributed by atoms with Gasteiger partial charge in [-0.1, -0.05) is 36.4 Å². The maximum atomic E-state index is 13.6. The molecular weight excluding hydrogens is 437 g/mol.